The van der Waals surface area contributed by atoms with Crippen LogP contribution in [0.1, 0.15) is 0 Å². The van der Waals surface area contributed by atoms with E-state index in [1.54, 1.807) is 24.3 Å². The molecule has 0 unspecified atom stereocenters. The standard InChI is InChI=1S/C6H6O.CH2N.Co/c7-6-4-2-1-3-5-6;1-2;/h1-5,7H;1-2H;/q;-1;. The van der Waals surface area contributed by atoms with Gasteiger partial charge in [-0.25, -0.2) is 0 Å². The molecule has 3 heteroatoms. The van der Waals surface area contributed by atoms with Gasteiger partial charge in [-0.15, -0.1) is 0 Å². The molecule has 0 saturated heterocycles. The van der Waals surface area contributed by atoms with Gasteiger partial charge in [0.2, 0.25) is 0 Å². The van der Waals surface area contributed by atoms with E-state index in [4.69, 9.17) is 10.5 Å². The second-order valence-electron chi connectivity index (χ2n) is 1.34. The molecule has 10 heavy (non-hydrogen) atoms. The Bertz CT molecular complexity index is 155. The summed E-state index contributed by atoms with van der Waals surface area (Å²) in [5, 5.41) is 13.9. The predicted molar refractivity (Wildman–Crippen MR) is 36.9 cm³/mol. The van der Waals surface area contributed by atoms with Crippen LogP contribution in [0.2, 0.25) is 0 Å². The first-order valence-electron chi connectivity index (χ1n) is 2.42. The number of phenolic OH excluding ortho intramolecular Hbond substituents is 1. The van der Waals surface area contributed by atoms with Crippen LogP contribution >= 0.6 is 0 Å². The summed E-state index contributed by atoms with van der Waals surface area (Å²) in [4.78, 5) is 0. The molecule has 0 aliphatic heterocycles. The minimum Gasteiger partial charge on any atom is -0.522 e. The van der Waals surface area contributed by atoms with Crippen molar-refractivity contribution < 1.29 is 21.9 Å². The van der Waals surface area contributed by atoms with E-state index in [0.29, 0.717) is 5.75 Å². The Balaban J connectivity index is 0. The molecule has 0 bridgehead atoms. The van der Waals surface area contributed by atoms with Gasteiger partial charge in [0, 0.05) is 16.8 Å². The first-order chi connectivity index (χ1) is 4.39. The SMILES string of the molecule is Oc1ccccc1.[CH-]=N.[Co]. The molecule has 1 aromatic rings. The Labute approximate surface area is 70.6 Å². The average Bonchev–Trinajstić information content (AvgIpc) is 1.94. The van der Waals surface area contributed by atoms with Crippen molar-refractivity contribution in [3.8, 4) is 5.75 Å². The summed E-state index contributed by atoms with van der Waals surface area (Å²) in [6.45, 7) is 3.75. The summed E-state index contributed by atoms with van der Waals surface area (Å²) in [6.07, 6.45) is 0. The van der Waals surface area contributed by atoms with Crippen molar-refractivity contribution >= 4 is 6.72 Å². The summed E-state index contributed by atoms with van der Waals surface area (Å²) in [5.74, 6) is 0.322. The maximum Gasteiger partial charge on any atom is 0.115 e. The number of benzene rings is 1. The van der Waals surface area contributed by atoms with Gasteiger partial charge in [0.05, 0.1) is 0 Å². The fourth-order valence-electron chi connectivity index (χ4n) is 0.428. The number of para-hydroxylation sites is 1. The molecule has 0 atom stereocenters. The molecule has 2 nitrogen and oxygen atoms in total. The molecule has 0 heterocycles. The number of hydrogen-bond donors (Lipinski definition) is 2. The largest absolute Gasteiger partial charge is 0.522 e. The van der Waals surface area contributed by atoms with Crippen molar-refractivity contribution in [3.05, 3.63) is 30.3 Å². The molecule has 0 saturated carbocycles. The summed E-state index contributed by atoms with van der Waals surface area (Å²) < 4.78 is 0. The Morgan fingerprint density at radius 3 is 1.70 bits per heavy atom. The zero-order chi connectivity index (χ0) is 7.11. The third-order valence-corrected chi connectivity index (χ3v) is 0.756. The van der Waals surface area contributed by atoms with Crippen molar-refractivity contribution in [2.24, 2.45) is 0 Å². The summed E-state index contributed by atoms with van der Waals surface area (Å²) in [5.41, 5.74) is 0. The van der Waals surface area contributed by atoms with Crippen LogP contribution in [0.25, 0.3) is 0 Å². The van der Waals surface area contributed by atoms with Crippen molar-refractivity contribution in [2.75, 3.05) is 0 Å². The van der Waals surface area contributed by atoms with Gasteiger partial charge >= 0.3 is 0 Å². The van der Waals surface area contributed by atoms with Gasteiger partial charge in [-0.3, -0.25) is 0 Å². The van der Waals surface area contributed by atoms with E-state index in [-0.39, 0.29) is 16.8 Å². The maximum atomic E-state index is 8.63. The molecular weight excluding hydrogens is 173 g/mol. The van der Waals surface area contributed by atoms with Gasteiger partial charge in [0.25, 0.3) is 0 Å². The van der Waals surface area contributed by atoms with Crippen molar-refractivity contribution in [1.82, 2.24) is 0 Å². The molecule has 1 rings (SSSR count). The Morgan fingerprint density at radius 2 is 1.50 bits per heavy atom. The van der Waals surface area contributed by atoms with E-state index in [0.717, 1.165) is 0 Å². The number of phenols is 1. The van der Waals surface area contributed by atoms with Gasteiger partial charge in [-0.1, -0.05) is 18.2 Å². The topological polar surface area (TPSA) is 44.1 Å². The van der Waals surface area contributed by atoms with Crippen LogP contribution < -0.4 is 0 Å². The molecule has 0 amide bonds. The molecule has 0 spiro atoms. The van der Waals surface area contributed by atoms with E-state index in [1.165, 1.54) is 0 Å². The second kappa shape index (κ2) is 8.20. The van der Waals surface area contributed by atoms with E-state index in [1.807, 2.05) is 6.07 Å². The molecule has 0 aliphatic carbocycles. The third kappa shape index (κ3) is 5.34. The van der Waals surface area contributed by atoms with Crippen molar-refractivity contribution in [1.29, 1.82) is 5.41 Å². The smallest absolute Gasteiger partial charge is 0.115 e. The van der Waals surface area contributed by atoms with Gasteiger partial charge in [-0.2, -0.15) is 0 Å². The van der Waals surface area contributed by atoms with Gasteiger partial charge < -0.3 is 17.2 Å². The summed E-state index contributed by atoms with van der Waals surface area (Å²) >= 11 is 0. The monoisotopic (exact) mass is 181 g/mol. The van der Waals surface area contributed by atoms with Gasteiger partial charge in [0.15, 0.2) is 0 Å². The van der Waals surface area contributed by atoms with Crippen LogP contribution in [0.5, 0.6) is 5.75 Å². The van der Waals surface area contributed by atoms with Crippen molar-refractivity contribution in [3.63, 3.8) is 0 Å². The zero-order valence-electron chi connectivity index (χ0n) is 5.24. The Hall–Kier alpha value is -0.804. The molecule has 2 N–H and O–H groups in total. The quantitative estimate of drug-likeness (QED) is 0.462. The Kier molecular flexibility index (Phi) is 9.78. The van der Waals surface area contributed by atoms with E-state index < -0.39 is 0 Å². The molecule has 1 radical (unpaired) electrons. The van der Waals surface area contributed by atoms with E-state index in [2.05, 4.69) is 6.72 Å². The molecule has 57 valence electrons. The van der Waals surface area contributed by atoms with Gasteiger partial charge in [-0.05, 0) is 12.1 Å². The first kappa shape index (κ1) is 11.9. The van der Waals surface area contributed by atoms with Crippen LogP contribution in [-0.4, -0.2) is 11.8 Å². The normalized spacial score (nSPS) is 6.40. The third-order valence-electron chi connectivity index (χ3n) is 0.756. The minimum absolute atomic E-state index is 0. The second-order valence-corrected chi connectivity index (χ2v) is 1.34. The maximum absolute atomic E-state index is 8.63. The summed E-state index contributed by atoms with van der Waals surface area (Å²) in [6, 6.07) is 8.71. The van der Waals surface area contributed by atoms with E-state index >= 15 is 0 Å². The zero-order valence-corrected chi connectivity index (χ0v) is 6.29. The van der Waals surface area contributed by atoms with Crippen LogP contribution in [0.15, 0.2) is 30.3 Å². The van der Waals surface area contributed by atoms with Crippen LogP contribution in [0.4, 0.5) is 0 Å². The van der Waals surface area contributed by atoms with Crippen molar-refractivity contribution in [2.45, 2.75) is 0 Å². The number of hydrogen-bond acceptors (Lipinski definition) is 2. The molecule has 0 aliphatic rings. The van der Waals surface area contributed by atoms with Crippen LogP contribution in [-0.2, 0) is 16.8 Å². The Morgan fingerprint density at radius 1 is 1.10 bits per heavy atom. The molecule has 1 aromatic carbocycles. The number of rotatable bonds is 0. The van der Waals surface area contributed by atoms with Crippen LogP contribution in [0, 0.1) is 5.41 Å². The first-order valence-corrected chi connectivity index (χ1v) is 2.42. The molecule has 0 aromatic heterocycles. The average molecular weight is 181 g/mol. The fraction of sp³-hybridized carbons (Fsp3) is 0. The summed E-state index contributed by atoms with van der Waals surface area (Å²) in [7, 11) is 0. The fourth-order valence-corrected chi connectivity index (χ4v) is 0.428. The molecular formula is C7H8CoNO-. The number of aromatic hydroxyl groups is 1. The minimum atomic E-state index is 0. The molecule has 0 fully saturated rings. The van der Waals surface area contributed by atoms with Crippen LogP contribution in [0.3, 0.4) is 0 Å². The van der Waals surface area contributed by atoms with E-state index in [9.17, 15) is 0 Å². The number of nitrogens with one attached hydrogen (secondary N) is 1. The van der Waals surface area contributed by atoms with Gasteiger partial charge in [0.1, 0.15) is 5.75 Å². The predicted octanol–water partition coefficient (Wildman–Crippen LogP) is 1.53.